The second-order valence-corrected chi connectivity index (χ2v) is 9.66. The number of hydrogen-bond acceptors (Lipinski definition) is 5. The van der Waals surface area contributed by atoms with Gasteiger partial charge in [-0.15, -0.1) is 0 Å². The van der Waals surface area contributed by atoms with Gasteiger partial charge in [0.05, 0.1) is 19.6 Å². The van der Waals surface area contributed by atoms with E-state index in [1.54, 1.807) is 12.1 Å². The molecule has 2 saturated heterocycles. The predicted molar refractivity (Wildman–Crippen MR) is 129 cm³/mol. The molecule has 2 aliphatic heterocycles. The molecule has 2 fully saturated rings. The molecular weight excluding hydrogens is 440 g/mol. The maximum absolute atomic E-state index is 13.2. The predicted octanol–water partition coefficient (Wildman–Crippen LogP) is 4.94. The highest BCUT2D eigenvalue weighted by molar-refractivity contribution is 6.30. The van der Waals surface area contributed by atoms with Gasteiger partial charge in [0.1, 0.15) is 29.5 Å². The molecule has 2 aromatic rings. The average Bonchev–Trinajstić information content (AvgIpc) is 3.26. The second-order valence-electron chi connectivity index (χ2n) is 9.22. The van der Waals surface area contributed by atoms with Crippen molar-refractivity contribution >= 4 is 17.5 Å². The molecule has 4 rings (SSSR count). The summed E-state index contributed by atoms with van der Waals surface area (Å²) in [5.41, 5.74) is -0.703. The first-order valence-electron chi connectivity index (χ1n) is 12.2. The van der Waals surface area contributed by atoms with E-state index in [-0.39, 0.29) is 5.91 Å². The number of aryl methyl sites for hydroxylation is 1. The molecule has 1 aromatic carbocycles. The molecule has 6 nitrogen and oxygen atoms in total. The van der Waals surface area contributed by atoms with Crippen LogP contribution in [0.4, 0.5) is 0 Å². The number of morpholine rings is 1. The zero-order valence-corrected chi connectivity index (χ0v) is 20.3. The van der Waals surface area contributed by atoms with Crippen LogP contribution in [0.1, 0.15) is 50.5 Å². The number of rotatable bonds is 9. The third kappa shape index (κ3) is 6.75. The van der Waals surface area contributed by atoms with E-state index in [4.69, 9.17) is 25.5 Å². The van der Waals surface area contributed by atoms with Crippen molar-refractivity contribution in [3.05, 3.63) is 52.9 Å². The molecule has 0 radical (unpaired) electrons. The van der Waals surface area contributed by atoms with Crippen molar-refractivity contribution < 1.29 is 18.7 Å². The molecule has 1 amide bonds. The lowest BCUT2D eigenvalue weighted by atomic mass is 9.96. The van der Waals surface area contributed by atoms with Crippen LogP contribution in [0.2, 0.25) is 5.02 Å². The summed E-state index contributed by atoms with van der Waals surface area (Å²) in [5.74, 6) is 2.85. The zero-order chi connectivity index (χ0) is 23.1. The number of carbonyl (C=O) groups excluding carboxylic acids is 1. The van der Waals surface area contributed by atoms with Gasteiger partial charge in [-0.05, 0) is 62.1 Å². The van der Waals surface area contributed by atoms with Gasteiger partial charge in [-0.3, -0.25) is 9.69 Å². The summed E-state index contributed by atoms with van der Waals surface area (Å²) in [7, 11) is 0. The Morgan fingerprint density at radius 2 is 1.82 bits per heavy atom. The van der Waals surface area contributed by atoms with Crippen LogP contribution in [0.3, 0.4) is 0 Å². The van der Waals surface area contributed by atoms with Crippen LogP contribution in [0, 0.1) is 0 Å². The van der Waals surface area contributed by atoms with Crippen LogP contribution in [0.15, 0.2) is 40.8 Å². The third-order valence-corrected chi connectivity index (χ3v) is 6.67. The van der Waals surface area contributed by atoms with Crippen LogP contribution in [-0.2, 0) is 22.5 Å². The Morgan fingerprint density at radius 3 is 2.58 bits per heavy atom. The van der Waals surface area contributed by atoms with Crippen molar-refractivity contribution in [1.29, 1.82) is 0 Å². The number of benzene rings is 1. The number of nitrogens with zero attached hydrogens (tertiary/aromatic N) is 2. The number of halogens is 1. The number of likely N-dealkylation sites (tertiary alicyclic amines) is 1. The maximum Gasteiger partial charge on any atom is 0.225 e. The van der Waals surface area contributed by atoms with E-state index in [2.05, 4.69) is 24.0 Å². The minimum Gasteiger partial charge on any atom is -0.491 e. The first-order chi connectivity index (χ1) is 16.0. The van der Waals surface area contributed by atoms with Gasteiger partial charge in [-0.1, -0.05) is 18.5 Å². The minimum atomic E-state index is -0.703. The molecule has 0 bridgehead atoms. The van der Waals surface area contributed by atoms with E-state index >= 15 is 0 Å². The summed E-state index contributed by atoms with van der Waals surface area (Å²) < 4.78 is 18.4. The summed E-state index contributed by atoms with van der Waals surface area (Å²) in [6.45, 7) is 6.80. The lowest BCUT2D eigenvalue weighted by Crippen LogP contribution is -2.57. The van der Waals surface area contributed by atoms with Crippen molar-refractivity contribution in [3.63, 3.8) is 0 Å². The van der Waals surface area contributed by atoms with Crippen molar-refractivity contribution in [1.82, 2.24) is 9.80 Å². The van der Waals surface area contributed by atoms with Crippen LogP contribution in [0.5, 0.6) is 5.75 Å². The quantitative estimate of drug-likeness (QED) is 0.515. The molecule has 2 aliphatic rings. The summed E-state index contributed by atoms with van der Waals surface area (Å²) in [5, 5.41) is 0.665. The average molecular weight is 475 g/mol. The molecule has 1 atom stereocenters. The highest BCUT2D eigenvalue weighted by Gasteiger charge is 2.41. The van der Waals surface area contributed by atoms with E-state index in [9.17, 15) is 4.79 Å². The van der Waals surface area contributed by atoms with Crippen LogP contribution < -0.4 is 4.74 Å². The standard InChI is InChI=1S/C26H35ClN2O4/c1-2-6-23-11-12-24(33-23)18-28-15-16-32-26(19-28,17-25(30)29-13-4-3-5-14-29)20-31-22-9-7-21(27)8-10-22/h7-12H,2-6,13-20H2,1H3/t26-/m1/s1. The van der Waals surface area contributed by atoms with Gasteiger partial charge >= 0.3 is 0 Å². The summed E-state index contributed by atoms with van der Waals surface area (Å²) in [6, 6.07) is 11.4. The Labute approximate surface area is 201 Å². The number of piperidine rings is 1. The number of hydrogen-bond donors (Lipinski definition) is 0. The Hall–Kier alpha value is -2.02. The molecule has 7 heteroatoms. The van der Waals surface area contributed by atoms with E-state index in [1.165, 1.54) is 6.42 Å². The van der Waals surface area contributed by atoms with Crippen molar-refractivity contribution in [2.24, 2.45) is 0 Å². The van der Waals surface area contributed by atoms with Gasteiger partial charge in [-0.25, -0.2) is 0 Å². The van der Waals surface area contributed by atoms with Gasteiger partial charge in [0.25, 0.3) is 0 Å². The topological polar surface area (TPSA) is 55.2 Å². The van der Waals surface area contributed by atoms with Crippen LogP contribution in [-0.4, -0.2) is 60.7 Å². The highest BCUT2D eigenvalue weighted by Crippen LogP contribution is 2.28. The van der Waals surface area contributed by atoms with Gasteiger partial charge in [0.15, 0.2) is 0 Å². The van der Waals surface area contributed by atoms with E-state index in [0.29, 0.717) is 37.7 Å². The molecule has 33 heavy (non-hydrogen) atoms. The number of amides is 1. The fourth-order valence-corrected chi connectivity index (χ4v) is 4.81. The Balaban J connectivity index is 1.46. The normalized spacial score (nSPS) is 21.8. The van der Waals surface area contributed by atoms with Crippen molar-refractivity contribution in [2.75, 3.05) is 39.4 Å². The summed E-state index contributed by atoms with van der Waals surface area (Å²) in [6.07, 6.45) is 5.68. The lowest BCUT2D eigenvalue weighted by molar-refractivity contribution is -0.157. The van der Waals surface area contributed by atoms with Crippen molar-refractivity contribution in [2.45, 2.75) is 57.6 Å². The molecule has 0 saturated carbocycles. The second kappa shape index (κ2) is 11.4. The van der Waals surface area contributed by atoms with Gasteiger partial charge in [0, 0.05) is 37.6 Å². The monoisotopic (exact) mass is 474 g/mol. The smallest absolute Gasteiger partial charge is 0.225 e. The molecule has 0 N–H and O–H groups in total. The molecule has 180 valence electrons. The Kier molecular flexibility index (Phi) is 8.34. The Bertz CT molecular complexity index is 894. The molecule has 3 heterocycles. The number of carbonyl (C=O) groups is 1. The maximum atomic E-state index is 13.2. The van der Waals surface area contributed by atoms with E-state index in [0.717, 1.165) is 62.6 Å². The highest BCUT2D eigenvalue weighted by atomic mass is 35.5. The van der Waals surface area contributed by atoms with E-state index in [1.807, 2.05) is 17.0 Å². The first-order valence-corrected chi connectivity index (χ1v) is 12.5. The molecule has 0 unspecified atom stereocenters. The van der Waals surface area contributed by atoms with Gasteiger partial charge in [-0.2, -0.15) is 0 Å². The zero-order valence-electron chi connectivity index (χ0n) is 19.6. The van der Waals surface area contributed by atoms with Crippen LogP contribution >= 0.6 is 11.6 Å². The molecular formula is C26H35ClN2O4. The SMILES string of the molecule is CCCc1ccc(CN2CCO[C@](COc3ccc(Cl)cc3)(CC(=O)N3CCCCC3)C2)o1. The third-order valence-electron chi connectivity index (χ3n) is 6.42. The molecule has 1 aromatic heterocycles. The summed E-state index contributed by atoms with van der Waals surface area (Å²) in [4.78, 5) is 17.5. The van der Waals surface area contributed by atoms with Gasteiger partial charge < -0.3 is 18.8 Å². The van der Waals surface area contributed by atoms with Gasteiger partial charge in [0.2, 0.25) is 5.91 Å². The molecule has 0 spiro atoms. The van der Waals surface area contributed by atoms with E-state index < -0.39 is 5.60 Å². The van der Waals surface area contributed by atoms with Crippen LogP contribution in [0.25, 0.3) is 0 Å². The van der Waals surface area contributed by atoms with Crippen molar-refractivity contribution in [3.8, 4) is 5.75 Å². The number of ether oxygens (including phenoxy) is 2. The fraction of sp³-hybridized carbons (Fsp3) is 0.577. The lowest BCUT2D eigenvalue weighted by Gasteiger charge is -2.43. The fourth-order valence-electron chi connectivity index (χ4n) is 4.69. The molecule has 0 aliphatic carbocycles. The summed E-state index contributed by atoms with van der Waals surface area (Å²) >= 11 is 6.01. The first kappa shape index (κ1) is 24.1. The largest absolute Gasteiger partial charge is 0.491 e. The number of furan rings is 1. The Morgan fingerprint density at radius 1 is 1.06 bits per heavy atom. The minimum absolute atomic E-state index is 0.152.